The predicted molar refractivity (Wildman–Crippen MR) is 150 cm³/mol. The number of halogens is 1. The summed E-state index contributed by atoms with van der Waals surface area (Å²) in [5.41, 5.74) is 0.866. The fourth-order valence-corrected chi connectivity index (χ4v) is 4.72. The molecule has 0 aliphatic heterocycles. The first-order valence-corrected chi connectivity index (χ1v) is 14.0. The van der Waals surface area contributed by atoms with Gasteiger partial charge in [-0.25, -0.2) is 0 Å². The summed E-state index contributed by atoms with van der Waals surface area (Å²) < 4.78 is 10.9. The van der Waals surface area contributed by atoms with Gasteiger partial charge in [0.2, 0.25) is 5.91 Å². The molecule has 0 fully saturated rings. The topological polar surface area (TPSA) is 97.6 Å². The zero-order valence-corrected chi connectivity index (χ0v) is 23.1. The standard InChI is InChI=1S/C29H33ClN2O5S/c1-20(2)15-26(31-28(34)17-37-23-7-4-3-5-8-23)29(35)32-25(16-21-10-12-22(30)13-11-21)27(33)19-38-18-24-9-6-14-36-24/h3-14,20,25-26H,15-19H2,1-2H3,(H,31,34)(H,32,35). The van der Waals surface area contributed by atoms with E-state index < -0.39 is 23.9 Å². The molecule has 2 aromatic carbocycles. The number of hydrogen-bond acceptors (Lipinski definition) is 6. The van der Waals surface area contributed by atoms with Crippen molar-refractivity contribution in [3.63, 3.8) is 0 Å². The number of amides is 2. The molecule has 0 aliphatic carbocycles. The molecule has 0 saturated heterocycles. The number of ketones is 1. The lowest BCUT2D eigenvalue weighted by Gasteiger charge is -2.24. The Hall–Kier alpha value is -3.23. The zero-order chi connectivity index (χ0) is 27.3. The molecule has 0 spiro atoms. The van der Waals surface area contributed by atoms with E-state index in [-0.39, 0.29) is 24.1 Å². The third-order valence-electron chi connectivity index (χ3n) is 5.60. The molecular formula is C29H33ClN2O5S. The summed E-state index contributed by atoms with van der Waals surface area (Å²) in [4.78, 5) is 39.2. The Kier molecular flexibility index (Phi) is 11.8. The maximum Gasteiger partial charge on any atom is 0.258 e. The number of ether oxygens (including phenoxy) is 1. The van der Waals surface area contributed by atoms with Gasteiger partial charge >= 0.3 is 0 Å². The molecule has 38 heavy (non-hydrogen) atoms. The number of carbonyl (C=O) groups excluding carboxylic acids is 3. The number of furan rings is 1. The number of rotatable bonds is 15. The summed E-state index contributed by atoms with van der Waals surface area (Å²) in [6, 6.07) is 18.2. The van der Waals surface area contributed by atoms with Gasteiger partial charge in [-0.05, 0) is 60.7 Å². The smallest absolute Gasteiger partial charge is 0.258 e. The monoisotopic (exact) mass is 556 g/mol. The largest absolute Gasteiger partial charge is 0.484 e. The van der Waals surface area contributed by atoms with Gasteiger partial charge in [-0.3, -0.25) is 14.4 Å². The summed E-state index contributed by atoms with van der Waals surface area (Å²) in [6.07, 6.45) is 2.32. The molecular weight excluding hydrogens is 524 g/mol. The Bertz CT molecular complexity index is 1150. The molecule has 9 heteroatoms. The van der Waals surface area contributed by atoms with E-state index in [1.54, 1.807) is 36.6 Å². The van der Waals surface area contributed by atoms with Crippen LogP contribution in [0.2, 0.25) is 5.02 Å². The van der Waals surface area contributed by atoms with Crippen molar-refractivity contribution in [1.29, 1.82) is 0 Å². The van der Waals surface area contributed by atoms with Crippen LogP contribution < -0.4 is 15.4 Å². The first-order valence-electron chi connectivity index (χ1n) is 12.4. The van der Waals surface area contributed by atoms with E-state index in [0.717, 1.165) is 11.3 Å². The van der Waals surface area contributed by atoms with Crippen LogP contribution in [0.3, 0.4) is 0 Å². The maximum absolute atomic E-state index is 13.3. The van der Waals surface area contributed by atoms with Crippen LogP contribution >= 0.6 is 23.4 Å². The molecule has 0 bridgehead atoms. The number of Topliss-reactive ketones (excluding diaryl/α,β-unsaturated/α-hetero) is 1. The van der Waals surface area contributed by atoms with Gasteiger partial charge in [-0.2, -0.15) is 0 Å². The highest BCUT2D eigenvalue weighted by atomic mass is 35.5. The molecule has 1 aromatic heterocycles. The van der Waals surface area contributed by atoms with Crippen molar-refractivity contribution in [3.8, 4) is 5.75 Å². The molecule has 2 N–H and O–H groups in total. The third kappa shape index (κ3) is 10.3. The summed E-state index contributed by atoms with van der Waals surface area (Å²) in [6.45, 7) is 3.71. The van der Waals surface area contributed by atoms with Crippen LogP contribution in [0.4, 0.5) is 0 Å². The normalized spacial score (nSPS) is 12.5. The fraction of sp³-hybridized carbons (Fsp3) is 0.345. The van der Waals surface area contributed by atoms with E-state index in [1.807, 2.05) is 50.2 Å². The number of thioether (sulfide) groups is 1. The van der Waals surface area contributed by atoms with E-state index in [0.29, 0.717) is 29.4 Å². The first-order chi connectivity index (χ1) is 18.3. The molecule has 0 saturated carbocycles. The van der Waals surface area contributed by atoms with Crippen LogP contribution in [0.1, 0.15) is 31.6 Å². The Balaban J connectivity index is 1.65. The van der Waals surface area contributed by atoms with Gasteiger partial charge in [0.25, 0.3) is 5.91 Å². The molecule has 202 valence electrons. The highest BCUT2D eigenvalue weighted by Crippen LogP contribution is 2.16. The van der Waals surface area contributed by atoms with E-state index in [1.165, 1.54) is 11.8 Å². The second-order valence-corrected chi connectivity index (χ2v) is 10.7. The van der Waals surface area contributed by atoms with Gasteiger partial charge < -0.3 is 19.8 Å². The molecule has 0 aliphatic rings. The average molecular weight is 557 g/mol. The van der Waals surface area contributed by atoms with E-state index in [9.17, 15) is 14.4 Å². The van der Waals surface area contributed by atoms with Crippen LogP contribution in [-0.4, -0.2) is 42.0 Å². The fourth-order valence-electron chi connectivity index (χ4n) is 3.73. The number of nitrogens with one attached hydrogen (secondary N) is 2. The van der Waals surface area contributed by atoms with Crippen molar-refractivity contribution in [2.24, 2.45) is 5.92 Å². The minimum atomic E-state index is -0.807. The Morgan fingerprint density at radius 2 is 1.68 bits per heavy atom. The minimum absolute atomic E-state index is 0.119. The lowest BCUT2D eigenvalue weighted by molar-refractivity contribution is -0.132. The van der Waals surface area contributed by atoms with Crippen molar-refractivity contribution in [3.05, 3.63) is 89.3 Å². The van der Waals surface area contributed by atoms with Crippen molar-refractivity contribution in [1.82, 2.24) is 10.6 Å². The average Bonchev–Trinajstić information content (AvgIpc) is 3.42. The van der Waals surface area contributed by atoms with Crippen LogP contribution in [0, 0.1) is 5.92 Å². The van der Waals surface area contributed by atoms with Crippen LogP contribution in [0.5, 0.6) is 5.75 Å². The second kappa shape index (κ2) is 15.2. The van der Waals surface area contributed by atoms with Gasteiger partial charge in [0, 0.05) is 5.02 Å². The van der Waals surface area contributed by atoms with E-state index >= 15 is 0 Å². The Morgan fingerprint density at radius 1 is 0.947 bits per heavy atom. The lowest BCUT2D eigenvalue weighted by Crippen LogP contribution is -2.53. The molecule has 0 radical (unpaired) electrons. The van der Waals surface area contributed by atoms with Gasteiger partial charge in [0.15, 0.2) is 12.4 Å². The van der Waals surface area contributed by atoms with Gasteiger partial charge in [0.05, 0.1) is 23.8 Å². The van der Waals surface area contributed by atoms with Crippen molar-refractivity contribution in [2.45, 2.75) is 44.5 Å². The van der Waals surface area contributed by atoms with Crippen LogP contribution in [0.15, 0.2) is 77.4 Å². The number of carbonyl (C=O) groups is 3. The van der Waals surface area contributed by atoms with Crippen LogP contribution in [-0.2, 0) is 26.6 Å². The van der Waals surface area contributed by atoms with Crippen LogP contribution in [0.25, 0.3) is 0 Å². The third-order valence-corrected chi connectivity index (χ3v) is 6.83. The maximum atomic E-state index is 13.3. The summed E-state index contributed by atoms with van der Waals surface area (Å²) in [5.74, 6) is 1.28. The molecule has 2 amide bonds. The first kappa shape index (κ1) is 29.3. The Morgan fingerprint density at radius 3 is 2.34 bits per heavy atom. The molecule has 3 aromatic rings. The highest BCUT2D eigenvalue weighted by molar-refractivity contribution is 7.99. The van der Waals surface area contributed by atoms with E-state index in [4.69, 9.17) is 20.8 Å². The lowest BCUT2D eigenvalue weighted by atomic mass is 10.00. The molecule has 3 rings (SSSR count). The van der Waals surface area contributed by atoms with Crippen molar-refractivity contribution in [2.75, 3.05) is 12.4 Å². The molecule has 2 atom stereocenters. The number of para-hydroxylation sites is 1. The predicted octanol–water partition coefficient (Wildman–Crippen LogP) is 5.07. The summed E-state index contributed by atoms with van der Waals surface area (Å²) >= 11 is 7.44. The van der Waals surface area contributed by atoms with E-state index in [2.05, 4.69) is 10.6 Å². The number of benzene rings is 2. The molecule has 2 unspecified atom stereocenters. The quantitative estimate of drug-likeness (QED) is 0.271. The van der Waals surface area contributed by atoms with Gasteiger partial charge in [0.1, 0.15) is 17.6 Å². The minimum Gasteiger partial charge on any atom is -0.484 e. The number of hydrogen-bond donors (Lipinski definition) is 2. The highest BCUT2D eigenvalue weighted by Gasteiger charge is 2.27. The van der Waals surface area contributed by atoms with Crippen molar-refractivity contribution >= 4 is 41.0 Å². The second-order valence-electron chi connectivity index (χ2n) is 9.28. The van der Waals surface area contributed by atoms with Gasteiger partial charge in [-0.1, -0.05) is 55.8 Å². The zero-order valence-electron chi connectivity index (χ0n) is 21.5. The van der Waals surface area contributed by atoms with Crippen molar-refractivity contribution < 1.29 is 23.5 Å². The molecule has 1 heterocycles. The Labute approximate surface area is 232 Å². The van der Waals surface area contributed by atoms with Gasteiger partial charge in [-0.15, -0.1) is 11.8 Å². The molecule has 7 nitrogen and oxygen atoms in total. The summed E-state index contributed by atoms with van der Waals surface area (Å²) in [7, 11) is 0. The summed E-state index contributed by atoms with van der Waals surface area (Å²) in [5, 5.41) is 6.26. The SMILES string of the molecule is CC(C)CC(NC(=O)COc1ccccc1)C(=O)NC(Cc1ccc(Cl)cc1)C(=O)CSCc1ccco1.